The van der Waals surface area contributed by atoms with Crippen LogP contribution in [-0.2, 0) is 0 Å². The summed E-state index contributed by atoms with van der Waals surface area (Å²) in [6.07, 6.45) is 0. The molecule has 0 amide bonds. The van der Waals surface area contributed by atoms with Crippen LogP contribution in [0.2, 0.25) is 0 Å². The average Bonchev–Trinajstić information content (AvgIpc) is 3.05. The molecule has 7 heteroatoms. The molecule has 1 heterocycles. The second-order valence-electron chi connectivity index (χ2n) is 4.85. The third kappa shape index (κ3) is 2.98. The molecular formula is C16H12N3O4+. The highest BCUT2D eigenvalue weighted by atomic mass is 16.5. The first-order valence-corrected chi connectivity index (χ1v) is 6.73. The molecule has 0 aliphatic rings. The zero-order valence-electron chi connectivity index (χ0n) is 12.1. The fourth-order valence-electron chi connectivity index (χ4n) is 2.03. The van der Waals surface area contributed by atoms with Crippen molar-refractivity contribution >= 4 is 11.7 Å². The van der Waals surface area contributed by atoms with Gasteiger partial charge in [0.2, 0.25) is 5.82 Å². The van der Waals surface area contributed by atoms with Crippen molar-refractivity contribution < 1.29 is 19.2 Å². The minimum atomic E-state index is -0.992. The molecule has 7 nitrogen and oxygen atoms in total. The highest BCUT2D eigenvalue weighted by Crippen LogP contribution is 2.24. The van der Waals surface area contributed by atoms with Crippen LogP contribution in [0.4, 0.5) is 5.69 Å². The van der Waals surface area contributed by atoms with E-state index in [9.17, 15) is 9.70 Å². The molecule has 0 saturated heterocycles. The van der Waals surface area contributed by atoms with Gasteiger partial charge in [0, 0.05) is 32.9 Å². The van der Waals surface area contributed by atoms with Gasteiger partial charge in [-0.3, -0.25) is 0 Å². The third-order valence-corrected chi connectivity index (χ3v) is 3.29. The van der Waals surface area contributed by atoms with Gasteiger partial charge in [0.15, 0.2) is 7.05 Å². The molecule has 0 aliphatic heterocycles. The van der Waals surface area contributed by atoms with E-state index in [1.807, 2.05) is 0 Å². The molecule has 1 aromatic heterocycles. The molecule has 0 fully saturated rings. The number of hydrogen-bond donors (Lipinski definition) is 1. The van der Waals surface area contributed by atoms with Crippen molar-refractivity contribution in [2.75, 3.05) is 7.05 Å². The van der Waals surface area contributed by atoms with Crippen LogP contribution < -0.4 is 0 Å². The SMILES string of the molecule is C[N+](=O)c1ccc(-c2nc(-c3ccc(C(=O)O)cc3)no2)cc1. The van der Waals surface area contributed by atoms with E-state index in [1.54, 1.807) is 36.4 Å². The van der Waals surface area contributed by atoms with E-state index in [4.69, 9.17) is 9.63 Å². The van der Waals surface area contributed by atoms with Crippen LogP contribution >= 0.6 is 0 Å². The molecule has 0 saturated carbocycles. The Morgan fingerprint density at radius 3 is 2.22 bits per heavy atom. The lowest BCUT2D eigenvalue weighted by Gasteiger charge is -1.96. The molecule has 114 valence electrons. The standard InChI is InChI=1S/C16H11N3O4/c1-19(22)13-8-6-11(7-9-13)15-17-14(18-23-15)10-2-4-12(5-3-10)16(20)21/h2-9H,1H3/p+1. The molecule has 0 unspecified atom stereocenters. The van der Waals surface area contributed by atoms with Gasteiger partial charge in [-0.1, -0.05) is 17.3 Å². The Morgan fingerprint density at radius 1 is 1.04 bits per heavy atom. The van der Waals surface area contributed by atoms with Gasteiger partial charge in [0.05, 0.1) is 5.56 Å². The van der Waals surface area contributed by atoms with Crippen LogP contribution in [-0.4, -0.2) is 33.0 Å². The van der Waals surface area contributed by atoms with E-state index < -0.39 is 5.97 Å². The first-order valence-electron chi connectivity index (χ1n) is 6.73. The number of aromatic carboxylic acids is 1. The van der Waals surface area contributed by atoms with Crippen molar-refractivity contribution in [1.82, 2.24) is 10.1 Å². The Bertz CT molecular complexity index is 795. The Labute approximate surface area is 130 Å². The Morgan fingerprint density at radius 2 is 1.65 bits per heavy atom. The van der Waals surface area contributed by atoms with Gasteiger partial charge >= 0.3 is 5.97 Å². The van der Waals surface area contributed by atoms with Gasteiger partial charge in [-0.2, -0.15) is 4.98 Å². The highest BCUT2D eigenvalue weighted by molar-refractivity contribution is 5.88. The topological polar surface area (TPSA) is 96.3 Å². The molecule has 3 rings (SSSR count). The maximum atomic E-state index is 11.2. The fourth-order valence-corrected chi connectivity index (χ4v) is 2.03. The minimum absolute atomic E-state index is 0.190. The van der Waals surface area contributed by atoms with Crippen molar-refractivity contribution in [3.63, 3.8) is 0 Å². The number of nitrogens with zero attached hydrogens (tertiary/aromatic N) is 3. The van der Waals surface area contributed by atoms with Gasteiger partial charge < -0.3 is 9.63 Å². The van der Waals surface area contributed by atoms with Crippen LogP contribution in [0, 0.1) is 4.91 Å². The molecule has 3 aromatic rings. The predicted octanol–water partition coefficient (Wildman–Crippen LogP) is 3.14. The highest BCUT2D eigenvalue weighted by Gasteiger charge is 2.13. The number of rotatable bonds is 4. The maximum absolute atomic E-state index is 11.2. The van der Waals surface area contributed by atoms with Crippen molar-refractivity contribution in [2.24, 2.45) is 0 Å². The zero-order valence-corrected chi connectivity index (χ0v) is 12.1. The van der Waals surface area contributed by atoms with Gasteiger partial charge in [-0.25, -0.2) is 4.79 Å². The summed E-state index contributed by atoms with van der Waals surface area (Å²) in [7, 11) is 1.42. The molecule has 2 aromatic carbocycles. The first-order chi connectivity index (χ1) is 11.0. The summed E-state index contributed by atoms with van der Waals surface area (Å²) in [5, 5.41) is 12.8. The quantitative estimate of drug-likeness (QED) is 0.744. The van der Waals surface area contributed by atoms with Crippen LogP contribution in [0.25, 0.3) is 22.8 Å². The number of nitroso groups, excluding NO2 is 1. The predicted molar refractivity (Wildman–Crippen MR) is 81.3 cm³/mol. The summed E-state index contributed by atoms with van der Waals surface area (Å²) in [5.74, 6) is -0.307. The monoisotopic (exact) mass is 310 g/mol. The van der Waals surface area contributed by atoms with Crippen molar-refractivity contribution in [1.29, 1.82) is 0 Å². The van der Waals surface area contributed by atoms with Crippen LogP contribution in [0.1, 0.15) is 10.4 Å². The van der Waals surface area contributed by atoms with Gasteiger partial charge in [0.1, 0.15) is 0 Å². The summed E-state index contributed by atoms with van der Waals surface area (Å²) in [4.78, 5) is 26.3. The molecule has 0 aliphatic carbocycles. The molecule has 1 N–H and O–H groups in total. The molecule has 0 radical (unpaired) electrons. The number of aromatic nitrogens is 2. The Hall–Kier alpha value is -3.35. The van der Waals surface area contributed by atoms with E-state index >= 15 is 0 Å². The summed E-state index contributed by atoms with van der Waals surface area (Å²) in [6.45, 7) is 0. The number of carboxylic acids is 1. The second kappa shape index (κ2) is 5.80. The van der Waals surface area contributed by atoms with Crippen molar-refractivity contribution in [3.8, 4) is 22.8 Å². The van der Waals surface area contributed by atoms with Gasteiger partial charge in [-0.05, 0) is 24.3 Å². The largest absolute Gasteiger partial charge is 0.478 e. The molecule has 0 atom stereocenters. The van der Waals surface area contributed by atoms with E-state index in [0.717, 1.165) is 4.76 Å². The zero-order chi connectivity index (χ0) is 16.4. The minimum Gasteiger partial charge on any atom is -0.478 e. The van der Waals surface area contributed by atoms with Gasteiger partial charge in [-0.15, -0.1) is 0 Å². The number of carbonyl (C=O) groups is 1. The summed E-state index contributed by atoms with van der Waals surface area (Å²) >= 11 is 0. The van der Waals surface area contributed by atoms with Gasteiger partial charge in [0.25, 0.3) is 11.6 Å². The number of carboxylic acid groups (broad SMARTS) is 1. The molecule has 23 heavy (non-hydrogen) atoms. The first kappa shape index (κ1) is 14.6. The average molecular weight is 310 g/mol. The number of hydrogen-bond acceptors (Lipinski definition) is 5. The van der Waals surface area contributed by atoms with Crippen molar-refractivity contribution in [3.05, 3.63) is 59.0 Å². The summed E-state index contributed by atoms with van der Waals surface area (Å²) in [5.41, 5.74) is 2.06. The van der Waals surface area contributed by atoms with Crippen LogP contribution in [0.3, 0.4) is 0 Å². The molecule has 0 bridgehead atoms. The lowest BCUT2D eigenvalue weighted by atomic mass is 10.1. The normalized spacial score (nSPS) is 10.5. The number of benzene rings is 2. The second-order valence-corrected chi connectivity index (χ2v) is 4.85. The van der Waals surface area contributed by atoms with Crippen molar-refractivity contribution in [2.45, 2.75) is 0 Å². The third-order valence-electron chi connectivity index (χ3n) is 3.29. The van der Waals surface area contributed by atoms with Crippen LogP contribution in [0.15, 0.2) is 53.1 Å². The van der Waals surface area contributed by atoms with E-state index in [0.29, 0.717) is 28.5 Å². The lowest BCUT2D eigenvalue weighted by Crippen LogP contribution is -1.95. The van der Waals surface area contributed by atoms with E-state index in [1.165, 1.54) is 19.2 Å². The molecular weight excluding hydrogens is 298 g/mol. The summed E-state index contributed by atoms with van der Waals surface area (Å²) in [6, 6.07) is 12.9. The lowest BCUT2D eigenvalue weighted by molar-refractivity contribution is -0.428. The van der Waals surface area contributed by atoms with E-state index in [2.05, 4.69) is 10.1 Å². The fraction of sp³-hybridized carbons (Fsp3) is 0.0625. The Kier molecular flexibility index (Phi) is 3.68. The maximum Gasteiger partial charge on any atom is 0.335 e. The van der Waals surface area contributed by atoms with E-state index in [-0.39, 0.29) is 5.56 Å². The Balaban J connectivity index is 1.87. The summed E-state index contributed by atoms with van der Waals surface area (Å²) < 4.78 is 5.97. The molecule has 0 spiro atoms. The van der Waals surface area contributed by atoms with Crippen LogP contribution in [0.5, 0.6) is 0 Å². The smallest absolute Gasteiger partial charge is 0.335 e.